The Morgan fingerprint density at radius 1 is 1.44 bits per heavy atom. The van der Waals surface area contributed by atoms with E-state index < -0.39 is 11.6 Å². The number of aromatic nitrogens is 1. The predicted molar refractivity (Wildman–Crippen MR) is 62.0 cm³/mol. The molecule has 1 atom stereocenters. The average Bonchev–Trinajstić information content (AvgIpc) is 2.15. The highest BCUT2D eigenvalue weighted by Gasteiger charge is 2.18. The lowest BCUT2D eigenvalue weighted by Gasteiger charge is -2.19. The lowest BCUT2D eigenvalue weighted by Crippen LogP contribution is -2.24. The van der Waals surface area contributed by atoms with Gasteiger partial charge in [0.15, 0.2) is 0 Å². The molecule has 0 unspecified atom stereocenters. The molecule has 2 N–H and O–H groups in total. The highest BCUT2D eigenvalue weighted by molar-refractivity contribution is 5.87. The molecule has 0 aliphatic carbocycles. The van der Waals surface area contributed by atoms with Crippen LogP contribution in [0.1, 0.15) is 49.8 Å². The Bertz CT molecular complexity index is 364. The lowest BCUT2D eigenvalue weighted by molar-refractivity contribution is 0.00628. The minimum atomic E-state index is -0.501. The van der Waals surface area contributed by atoms with Gasteiger partial charge in [-0.25, -0.2) is 9.78 Å². The van der Waals surface area contributed by atoms with E-state index in [0.29, 0.717) is 5.69 Å². The first-order chi connectivity index (χ1) is 7.29. The van der Waals surface area contributed by atoms with Gasteiger partial charge in [0.2, 0.25) is 0 Å². The van der Waals surface area contributed by atoms with Gasteiger partial charge in [0, 0.05) is 12.2 Å². The maximum Gasteiger partial charge on any atom is 0.357 e. The fraction of sp³-hybridized carbons (Fsp3) is 0.500. The largest absolute Gasteiger partial charge is 0.455 e. The van der Waals surface area contributed by atoms with Gasteiger partial charge in [-0.15, -0.1) is 0 Å². The van der Waals surface area contributed by atoms with Crippen LogP contribution in [0.5, 0.6) is 0 Å². The Kier molecular flexibility index (Phi) is 3.65. The quantitative estimate of drug-likeness (QED) is 0.778. The van der Waals surface area contributed by atoms with Crippen molar-refractivity contribution in [1.82, 2.24) is 4.98 Å². The van der Waals surface area contributed by atoms with E-state index in [1.807, 2.05) is 27.7 Å². The van der Waals surface area contributed by atoms with Crippen molar-refractivity contribution in [3.05, 3.63) is 29.6 Å². The van der Waals surface area contributed by atoms with Crippen LogP contribution in [-0.4, -0.2) is 16.6 Å². The second-order valence-corrected chi connectivity index (χ2v) is 4.77. The number of hydrogen-bond donors (Lipinski definition) is 1. The lowest BCUT2D eigenvalue weighted by atomic mass is 10.1. The standard InChI is InChI=1S/C12H18N2O2/c1-8(13)9-5-6-10(14-7-9)11(15)16-12(2,3)4/h5-8H,13H2,1-4H3/t8-/m0/s1. The van der Waals surface area contributed by atoms with Crippen molar-refractivity contribution in [1.29, 1.82) is 0 Å². The Hall–Kier alpha value is -1.42. The summed E-state index contributed by atoms with van der Waals surface area (Å²) in [6.07, 6.45) is 1.60. The molecule has 0 aliphatic rings. The third-order valence-electron chi connectivity index (χ3n) is 1.92. The Morgan fingerprint density at radius 2 is 2.06 bits per heavy atom. The van der Waals surface area contributed by atoms with E-state index >= 15 is 0 Å². The van der Waals surface area contributed by atoms with Crippen LogP contribution >= 0.6 is 0 Å². The van der Waals surface area contributed by atoms with E-state index in [9.17, 15) is 4.79 Å². The molecule has 0 saturated heterocycles. The number of carbonyl (C=O) groups excluding carboxylic acids is 1. The Morgan fingerprint density at radius 3 is 2.44 bits per heavy atom. The Labute approximate surface area is 95.8 Å². The number of carbonyl (C=O) groups is 1. The number of esters is 1. The molecule has 1 heterocycles. The normalized spacial score (nSPS) is 13.3. The molecule has 0 aliphatic heterocycles. The van der Waals surface area contributed by atoms with Crippen molar-refractivity contribution in [3.8, 4) is 0 Å². The summed E-state index contributed by atoms with van der Waals surface area (Å²) in [6, 6.07) is 3.34. The van der Waals surface area contributed by atoms with E-state index in [1.54, 1.807) is 18.3 Å². The fourth-order valence-corrected chi connectivity index (χ4v) is 1.13. The molecule has 0 bridgehead atoms. The van der Waals surface area contributed by atoms with Gasteiger partial charge >= 0.3 is 5.97 Å². The van der Waals surface area contributed by atoms with Gasteiger partial charge in [0.05, 0.1) is 0 Å². The monoisotopic (exact) mass is 222 g/mol. The molecule has 4 heteroatoms. The van der Waals surface area contributed by atoms with Crippen LogP contribution < -0.4 is 5.73 Å². The van der Waals surface area contributed by atoms with E-state index in [4.69, 9.17) is 10.5 Å². The van der Waals surface area contributed by atoms with Crippen LogP contribution in [0, 0.1) is 0 Å². The third kappa shape index (κ3) is 3.62. The van der Waals surface area contributed by atoms with Crippen molar-refractivity contribution < 1.29 is 9.53 Å². The summed E-state index contributed by atoms with van der Waals surface area (Å²) in [5.74, 6) is -0.413. The summed E-state index contributed by atoms with van der Waals surface area (Å²) in [5, 5.41) is 0. The highest BCUT2D eigenvalue weighted by Crippen LogP contribution is 2.12. The van der Waals surface area contributed by atoms with Crippen LogP contribution in [0.25, 0.3) is 0 Å². The summed E-state index contributed by atoms with van der Waals surface area (Å²) < 4.78 is 5.19. The van der Waals surface area contributed by atoms with Crippen LogP contribution in [-0.2, 0) is 4.74 Å². The molecular formula is C12H18N2O2. The van der Waals surface area contributed by atoms with E-state index in [2.05, 4.69) is 4.98 Å². The van der Waals surface area contributed by atoms with Crippen LogP contribution in [0.2, 0.25) is 0 Å². The zero-order valence-electron chi connectivity index (χ0n) is 10.2. The summed E-state index contributed by atoms with van der Waals surface area (Å²) in [5.41, 5.74) is 6.38. The van der Waals surface area contributed by atoms with Crippen molar-refractivity contribution in [2.24, 2.45) is 5.73 Å². The van der Waals surface area contributed by atoms with Crippen LogP contribution in [0.3, 0.4) is 0 Å². The summed E-state index contributed by atoms with van der Waals surface area (Å²) in [7, 11) is 0. The van der Waals surface area contributed by atoms with E-state index in [-0.39, 0.29) is 6.04 Å². The number of hydrogen-bond acceptors (Lipinski definition) is 4. The minimum Gasteiger partial charge on any atom is -0.455 e. The third-order valence-corrected chi connectivity index (χ3v) is 1.92. The topological polar surface area (TPSA) is 65.2 Å². The molecule has 0 amide bonds. The molecule has 1 aromatic rings. The molecular weight excluding hydrogens is 204 g/mol. The molecule has 4 nitrogen and oxygen atoms in total. The van der Waals surface area contributed by atoms with E-state index in [1.165, 1.54) is 0 Å². The Balaban J connectivity index is 2.78. The summed E-state index contributed by atoms with van der Waals surface area (Å²) in [4.78, 5) is 15.7. The van der Waals surface area contributed by atoms with Gasteiger partial charge in [0.1, 0.15) is 11.3 Å². The first-order valence-corrected chi connectivity index (χ1v) is 5.24. The van der Waals surface area contributed by atoms with Crippen LogP contribution in [0.15, 0.2) is 18.3 Å². The summed E-state index contributed by atoms with van der Waals surface area (Å²) in [6.45, 7) is 7.33. The molecule has 88 valence electrons. The second-order valence-electron chi connectivity index (χ2n) is 4.77. The molecule has 0 radical (unpaired) electrons. The van der Waals surface area contributed by atoms with Gasteiger partial charge in [-0.3, -0.25) is 0 Å². The van der Waals surface area contributed by atoms with Gasteiger partial charge < -0.3 is 10.5 Å². The number of rotatable bonds is 2. The van der Waals surface area contributed by atoms with Crippen molar-refractivity contribution in [2.75, 3.05) is 0 Å². The molecule has 0 saturated carbocycles. The zero-order valence-corrected chi connectivity index (χ0v) is 10.2. The predicted octanol–water partition coefficient (Wildman–Crippen LogP) is 2.06. The molecule has 1 rings (SSSR count). The van der Waals surface area contributed by atoms with Gasteiger partial charge in [-0.1, -0.05) is 6.07 Å². The smallest absolute Gasteiger partial charge is 0.357 e. The number of ether oxygens (including phenoxy) is 1. The van der Waals surface area contributed by atoms with Crippen molar-refractivity contribution in [2.45, 2.75) is 39.3 Å². The molecule has 1 aromatic heterocycles. The number of nitrogens with two attached hydrogens (primary N) is 1. The van der Waals surface area contributed by atoms with Crippen LogP contribution in [0.4, 0.5) is 0 Å². The number of nitrogens with zero attached hydrogens (tertiary/aromatic N) is 1. The SMILES string of the molecule is C[C@H](N)c1ccc(C(=O)OC(C)(C)C)nc1. The highest BCUT2D eigenvalue weighted by atomic mass is 16.6. The molecule has 0 aromatic carbocycles. The zero-order chi connectivity index (χ0) is 12.3. The maximum absolute atomic E-state index is 11.6. The number of pyridine rings is 1. The van der Waals surface area contributed by atoms with Crippen molar-refractivity contribution >= 4 is 5.97 Å². The first kappa shape index (κ1) is 12.6. The summed E-state index contributed by atoms with van der Waals surface area (Å²) >= 11 is 0. The van der Waals surface area contributed by atoms with E-state index in [0.717, 1.165) is 5.56 Å². The first-order valence-electron chi connectivity index (χ1n) is 5.24. The molecule has 0 spiro atoms. The second kappa shape index (κ2) is 4.61. The minimum absolute atomic E-state index is 0.0832. The average molecular weight is 222 g/mol. The van der Waals surface area contributed by atoms with Gasteiger partial charge in [-0.05, 0) is 39.3 Å². The fourth-order valence-electron chi connectivity index (χ4n) is 1.13. The van der Waals surface area contributed by atoms with Crippen molar-refractivity contribution in [3.63, 3.8) is 0 Å². The van der Waals surface area contributed by atoms with Gasteiger partial charge in [0.25, 0.3) is 0 Å². The molecule has 16 heavy (non-hydrogen) atoms. The van der Waals surface area contributed by atoms with Gasteiger partial charge in [-0.2, -0.15) is 0 Å². The maximum atomic E-state index is 11.6. The molecule has 0 fully saturated rings.